The molecule has 0 N–H and O–H groups in total. The van der Waals surface area contributed by atoms with Crippen LogP contribution >= 0.6 is 0 Å². The average Bonchev–Trinajstić information content (AvgIpc) is 2.72. The molecule has 3 nitrogen and oxygen atoms in total. The van der Waals surface area contributed by atoms with Crippen molar-refractivity contribution in [1.82, 2.24) is 4.31 Å². The predicted molar refractivity (Wildman–Crippen MR) is 72.9 cm³/mol. The summed E-state index contributed by atoms with van der Waals surface area (Å²) in [6.45, 7) is 7.09. The molecule has 0 spiro atoms. The van der Waals surface area contributed by atoms with Crippen molar-refractivity contribution >= 4 is 10.0 Å². The minimum Gasteiger partial charge on any atom is -0.207 e. The first-order chi connectivity index (χ1) is 8.45. The van der Waals surface area contributed by atoms with E-state index in [0.29, 0.717) is 23.9 Å². The summed E-state index contributed by atoms with van der Waals surface area (Å²) in [5.74, 6) is 0.315. The molecule has 1 aliphatic rings. The molecule has 2 rings (SSSR count). The molecule has 0 radical (unpaired) electrons. The van der Waals surface area contributed by atoms with Gasteiger partial charge in [-0.15, -0.1) is 0 Å². The zero-order chi connectivity index (χ0) is 13.3. The Balaban J connectivity index is 2.31. The van der Waals surface area contributed by atoms with E-state index in [2.05, 4.69) is 6.92 Å². The van der Waals surface area contributed by atoms with Gasteiger partial charge in [-0.25, -0.2) is 8.42 Å². The summed E-state index contributed by atoms with van der Waals surface area (Å²) in [4.78, 5) is 0.387. The third kappa shape index (κ3) is 2.35. The van der Waals surface area contributed by atoms with Crippen LogP contribution in [0.5, 0.6) is 0 Å². The molecule has 4 heteroatoms. The lowest BCUT2D eigenvalue weighted by Crippen LogP contribution is -2.28. The van der Waals surface area contributed by atoms with E-state index in [4.69, 9.17) is 0 Å². The first-order valence-corrected chi connectivity index (χ1v) is 7.61. The summed E-state index contributed by atoms with van der Waals surface area (Å²) in [6.07, 6.45) is 2.02. The van der Waals surface area contributed by atoms with Gasteiger partial charge in [0, 0.05) is 13.1 Å². The summed E-state index contributed by atoms with van der Waals surface area (Å²) >= 11 is 0. The quantitative estimate of drug-likeness (QED) is 0.771. The monoisotopic (exact) mass is 265 g/mol. The Labute approximate surface area is 109 Å². The van der Waals surface area contributed by atoms with E-state index < -0.39 is 10.0 Å². The second-order valence-corrected chi connectivity index (χ2v) is 6.81. The zero-order valence-corrected chi connectivity index (χ0v) is 11.9. The lowest BCUT2D eigenvalue weighted by molar-refractivity contribution is 0.464. The van der Waals surface area contributed by atoms with Crippen LogP contribution < -0.4 is 0 Å². The van der Waals surface area contributed by atoms with E-state index in [-0.39, 0.29) is 0 Å². The second kappa shape index (κ2) is 4.86. The summed E-state index contributed by atoms with van der Waals surface area (Å²) in [5, 5.41) is 0. The number of hydrogen-bond donors (Lipinski definition) is 0. The number of nitrogens with zero attached hydrogens (tertiary/aromatic N) is 1. The minimum absolute atomic E-state index is 0.315. The van der Waals surface area contributed by atoms with Gasteiger partial charge in [-0.05, 0) is 31.9 Å². The van der Waals surface area contributed by atoms with Gasteiger partial charge in [0.25, 0.3) is 0 Å². The summed E-state index contributed by atoms with van der Waals surface area (Å²) in [7, 11) is -3.34. The van der Waals surface area contributed by atoms with Gasteiger partial charge >= 0.3 is 0 Å². The van der Waals surface area contributed by atoms with Crippen LogP contribution in [0.2, 0.25) is 0 Å². The van der Waals surface area contributed by atoms with Crippen LogP contribution in [0.15, 0.2) is 40.8 Å². The van der Waals surface area contributed by atoms with Crippen molar-refractivity contribution in [3.8, 4) is 0 Å². The van der Waals surface area contributed by atoms with Crippen LogP contribution in [0.25, 0.3) is 0 Å². The standard InChI is InChI=1S/C14H19NO2S/c1-4-13-10-15(9-12(13)3)18(16,17)14-7-5-11(2)6-8-14/h4-8,12H,9-10H2,1-3H3/b13-4+. The van der Waals surface area contributed by atoms with Crippen LogP contribution in [0, 0.1) is 12.8 Å². The van der Waals surface area contributed by atoms with E-state index in [0.717, 1.165) is 5.56 Å². The van der Waals surface area contributed by atoms with E-state index >= 15 is 0 Å². The van der Waals surface area contributed by atoms with Gasteiger partial charge in [-0.3, -0.25) is 0 Å². The lowest BCUT2D eigenvalue weighted by atomic mass is 10.1. The SMILES string of the molecule is C/C=C1\CN(S(=O)(=O)c2ccc(C)cc2)CC1C. The molecular weight excluding hydrogens is 246 g/mol. The maximum Gasteiger partial charge on any atom is 0.243 e. The molecule has 1 aliphatic heterocycles. The number of sulfonamides is 1. The molecular formula is C14H19NO2S. The molecule has 0 aromatic heterocycles. The van der Waals surface area contributed by atoms with Crippen molar-refractivity contribution in [3.63, 3.8) is 0 Å². The van der Waals surface area contributed by atoms with Gasteiger partial charge in [0.05, 0.1) is 4.90 Å². The highest BCUT2D eigenvalue weighted by Gasteiger charge is 2.33. The van der Waals surface area contributed by atoms with E-state index in [1.54, 1.807) is 16.4 Å². The highest BCUT2D eigenvalue weighted by Crippen LogP contribution is 2.27. The maximum absolute atomic E-state index is 12.5. The Morgan fingerprint density at radius 2 is 1.89 bits per heavy atom. The fraction of sp³-hybridized carbons (Fsp3) is 0.429. The van der Waals surface area contributed by atoms with Crippen LogP contribution in [0.1, 0.15) is 19.4 Å². The normalized spacial score (nSPS) is 23.7. The Bertz CT molecular complexity index is 558. The van der Waals surface area contributed by atoms with Crippen LogP contribution in [-0.2, 0) is 10.0 Å². The predicted octanol–water partition coefficient (Wildman–Crippen LogP) is 2.58. The van der Waals surface area contributed by atoms with Gasteiger partial charge < -0.3 is 0 Å². The summed E-state index contributed by atoms with van der Waals surface area (Å²) in [5.41, 5.74) is 2.27. The number of aryl methyl sites for hydroxylation is 1. The molecule has 98 valence electrons. The maximum atomic E-state index is 12.5. The minimum atomic E-state index is -3.34. The molecule has 0 saturated carbocycles. The lowest BCUT2D eigenvalue weighted by Gasteiger charge is -2.15. The van der Waals surface area contributed by atoms with Crippen molar-refractivity contribution in [1.29, 1.82) is 0 Å². The van der Waals surface area contributed by atoms with Crippen molar-refractivity contribution in [2.45, 2.75) is 25.7 Å². The molecule has 1 fully saturated rings. The van der Waals surface area contributed by atoms with E-state index in [1.807, 2.05) is 32.1 Å². The molecule has 1 aromatic carbocycles. The highest BCUT2D eigenvalue weighted by atomic mass is 32.2. The number of hydrogen-bond acceptors (Lipinski definition) is 2. The highest BCUT2D eigenvalue weighted by molar-refractivity contribution is 7.89. The fourth-order valence-corrected chi connectivity index (χ4v) is 3.78. The van der Waals surface area contributed by atoms with Crippen LogP contribution in [0.3, 0.4) is 0 Å². The third-order valence-corrected chi connectivity index (χ3v) is 5.32. The molecule has 1 atom stereocenters. The Kier molecular flexibility index (Phi) is 3.59. The van der Waals surface area contributed by atoms with Gasteiger partial charge in [-0.2, -0.15) is 4.31 Å². The summed E-state index contributed by atoms with van der Waals surface area (Å²) < 4.78 is 26.5. The Morgan fingerprint density at radius 1 is 1.28 bits per heavy atom. The van der Waals surface area contributed by atoms with Gasteiger partial charge in [-0.1, -0.05) is 36.3 Å². The fourth-order valence-electron chi connectivity index (χ4n) is 2.26. The third-order valence-electron chi connectivity index (χ3n) is 3.50. The van der Waals surface area contributed by atoms with Crippen LogP contribution in [0.4, 0.5) is 0 Å². The van der Waals surface area contributed by atoms with E-state index in [9.17, 15) is 8.42 Å². The Morgan fingerprint density at radius 3 is 2.39 bits per heavy atom. The molecule has 1 heterocycles. The van der Waals surface area contributed by atoms with Gasteiger partial charge in [0.1, 0.15) is 0 Å². The Hall–Kier alpha value is -1.13. The smallest absolute Gasteiger partial charge is 0.207 e. The molecule has 1 aromatic rings. The second-order valence-electron chi connectivity index (χ2n) is 4.88. The number of rotatable bonds is 2. The first-order valence-electron chi connectivity index (χ1n) is 6.17. The largest absolute Gasteiger partial charge is 0.243 e. The van der Waals surface area contributed by atoms with Gasteiger partial charge in [0.15, 0.2) is 0 Å². The molecule has 1 saturated heterocycles. The van der Waals surface area contributed by atoms with E-state index in [1.165, 1.54) is 5.57 Å². The molecule has 0 bridgehead atoms. The van der Waals surface area contributed by atoms with Crippen molar-refractivity contribution in [2.75, 3.05) is 13.1 Å². The zero-order valence-electron chi connectivity index (χ0n) is 11.1. The van der Waals surface area contributed by atoms with Crippen molar-refractivity contribution in [2.24, 2.45) is 5.92 Å². The molecule has 0 amide bonds. The van der Waals surface area contributed by atoms with Crippen LogP contribution in [-0.4, -0.2) is 25.8 Å². The summed E-state index contributed by atoms with van der Waals surface area (Å²) in [6, 6.07) is 7.04. The molecule has 18 heavy (non-hydrogen) atoms. The first kappa shape index (κ1) is 13.3. The van der Waals surface area contributed by atoms with Crippen molar-refractivity contribution in [3.05, 3.63) is 41.5 Å². The number of benzene rings is 1. The average molecular weight is 265 g/mol. The molecule has 0 aliphatic carbocycles. The molecule has 1 unspecified atom stereocenters. The van der Waals surface area contributed by atoms with Crippen molar-refractivity contribution < 1.29 is 8.42 Å². The topological polar surface area (TPSA) is 37.4 Å². The van der Waals surface area contributed by atoms with Gasteiger partial charge in [0.2, 0.25) is 10.0 Å². The number of allylic oxidation sites excluding steroid dienone is 1.